The number of anilines is 2. The lowest BCUT2D eigenvalue weighted by molar-refractivity contribution is -0.114. The van der Waals surface area contributed by atoms with E-state index < -0.39 is 6.03 Å². The number of methoxy groups -OCH3 is 1. The van der Waals surface area contributed by atoms with Crippen LogP contribution >= 0.6 is 0 Å². The van der Waals surface area contributed by atoms with Crippen molar-refractivity contribution in [3.63, 3.8) is 0 Å². The molecule has 0 spiro atoms. The van der Waals surface area contributed by atoms with Gasteiger partial charge in [-0.05, 0) is 50.0 Å². The van der Waals surface area contributed by atoms with Crippen LogP contribution in [-0.4, -0.2) is 44.6 Å². The second-order valence-corrected chi connectivity index (χ2v) is 6.47. The largest absolute Gasteiger partial charge is 0.495 e. The maximum Gasteiger partial charge on any atom is 0.319 e. The molecular weight excluding hydrogens is 363 g/mol. The molecule has 28 heavy (non-hydrogen) atoms. The third kappa shape index (κ3) is 5.95. The van der Waals surface area contributed by atoms with Crippen LogP contribution in [0.1, 0.15) is 18.5 Å². The third-order valence-electron chi connectivity index (χ3n) is 4.08. The standard InChI is InChI=1S/C20H25FN4O3/c1-13(26)23-16-8-9-19(28-4)17(11-16)24-20(27)22-12-18(25(2)3)14-6-5-7-15(21)10-14/h5-11,18H,12H2,1-4H3,(H,23,26)(H2,22,24,27). The van der Waals surface area contributed by atoms with Gasteiger partial charge in [-0.1, -0.05) is 12.1 Å². The molecule has 0 fully saturated rings. The number of nitrogens with one attached hydrogen (secondary N) is 3. The topological polar surface area (TPSA) is 82.7 Å². The van der Waals surface area contributed by atoms with Crippen molar-refractivity contribution in [2.45, 2.75) is 13.0 Å². The number of carbonyl (C=O) groups is 2. The smallest absolute Gasteiger partial charge is 0.319 e. The Morgan fingerprint density at radius 2 is 1.89 bits per heavy atom. The van der Waals surface area contributed by atoms with Crippen molar-refractivity contribution in [2.24, 2.45) is 0 Å². The predicted molar refractivity (Wildman–Crippen MR) is 107 cm³/mol. The van der Waals surface area contributed by atoms with Gasteiger partial charge < -0.3 is 25.6 Å². The zero-order chi connectivity index (χ0) is 20.7. The molecule has 0 heterocycles. The molecule has 0 radical (unpaired) electrons. The highest BCUT2D eigenvalue weighted by Gasteiger charge is 2.16. The highest BCUT2D eigenvalue weighted by molar-refractivity contribution is 5.94. The molecule has 2 rings (SSSR count). The number of urea groups is 1. The summed E-state index contributed by atoms with van der Waals surface area (Å²) < 4.78 is 18.8. The number of carbonyl (C=O) groups excluding carboxylic acids is 2. The summed E-state index contributed by atoms with van der Waals surface area (Å²) in [7, 11) is 5.20. The van der Waals surface area contributed by atoms with Gasteiger partial charge in [-0.15, -0.1) is 0 Å². The maximum atomic E-state index is 13.5. The second kappa shape index (κ2) is 9.70. The average Bonchev–Trinajstić information content (AvgIpc) is 2.61. The molecule has 7 nitrogen and oxygen atoms in total. The Balaban J connectivity index is 2.07. The molecule has 1 atom stereocenters. The molecular formula is C20H25FN4O3. The SMILES string of the molecule is COc1ccc(NC(C)=O)cc1NC(=O)NCC(c1cccc(F)c1)N(C)C. The highest BCUT2D eigenvalue weighted by atomic mass is 19.1. The molecule has 2 aromatic rings. The maximum absolute atomic E-state index is 13.5. The summed E-state index contributed by atoms with van der Waals surface area (Å²) >= 11 is 0. The normalized spacial score (nSPS) is 11.6. The van der Waals surface area contributed by atoms with Crippen molar-refractivity contribution in [1.82, 2.24) is 10.2 Å². The van der Waals surface area contributed by atoms with Crippen molar-refractivity contribution in [2.75, 3.05) is 38.4 Å². The minimum absolute atomic E-state index is 0.200. The zero-order valence-corrected chi connectivity index (χ0v) is 16.4. The van der Waals surface area contributed by atoms with Crippen LogP contribution in [0.15, 0.2) is 42.5 Å². The molecule has 0 saturated heterocycles. The molecule has 0 aromatic heterocycles. The molecule has 0 saturated carbocycles. The van der Waals surface area contributed by atoms with Gasteiger partial charge in [-0.2, -0.15) is 0 Å². The minimum Gasteiger partial charge on any atom is -0.495 e. The zero-order valence-electron chi connectivity index (χ0n) is 16.4. The number of hydrogen-bond donors (Lipinski definition) is 3. The van der Waals surface area contributed by atoms with Gasteiger partial charge in [0.25, 0.3) is 0 Å². The highest BCUT2D eigenvalue weighted by Crippen LogP contribution is 2.28. The van der Waals surface area contributed by atoms with E-state index in [2.05, 4.69) is 16.0 Å². The first-order valence-corrected chi connectivity index (χ1v) is 8.72. The number of halogens is 1. The van der Waals surface area contributed by atoms with E-state index >= 15 is 0 Å². The van der Waals surface area contributed by atoms with E-state index in [1.807, 2.05) is 25.1 Å². The van der Waals surface area contributed by atoms with E-state index in [1.165, 1.54) is 26.2 Å². The quantitative estimate of drug-likeness (QED) is 0.680. The van der Waals surface area contributed by atoms with Gasteiger partial charge in [0, 0.05) is 19.2 Å². The number of likely N-dealkylation sites (N-methyl/N-ethyl adjacent to an activating group) is 1. The molecule has 3 N–H and O–H groups in total. The number of hydrogen-bond acceptors (Lipinski definition) is 4. The lowest BCUT2D eigenvalue weighted by Crippen LogP contribution is -2.37. The monoisotopic (exact) mass is 388 g/mol. The van der Waals surface area contributed by atoms with Crippen LogP contribution in [0.4, 0.5) is 20.6 Å². The summed E-state index contributed by atoms with van der Waals surface area (Å²) in [6.45, 7) is 1.67. The van der Waals surface area contributed by atoms with E-state index in [9.17, 15) is 14.0 Å². The summed E-state index contributed by atoms with van der Waals surface area (Å²) in [6, 6.07) is 10.6. The molecule has 0 aliphatic carbocycles. The number of benzene rings is 2. The fourth-order valence-electron chi connectivity index (χ4n) is 2.75. The molecule has 0 aliphatic heterocycles. The Morgan fingerprint density at radius 1 is 1.14 bits per heavy atom. The van der Waals surface area contributed by atoms with Gasteiger partial charge in [0.15, 0.2) is 0 Å². The van der Waals surface area contributed by atoms with Gasteiger partial charge >= 0.3 is 6.03 Å². The fourth-order valence-corrected chi connectivity index (χ4v) is 2.75. The van der Waals surface area contributed by atoms with Crippen molar-refractivity contribution in [1.29, 1.82) is 0 Å². The average molecular weight is 388 g/mol. The molecule has 3 amide bonds. The second-order valence-electron chi connectivity index (χ2n) is 6.47. The van der Waals surface area contributed by atoms with Crippen molar-refractivity contribution < 1.29 is 18.7 Å². The van der Waals surface area contributed by atoms with Gasteiger partial charge in [0.05, 0.1) is 18.8 Å². The Labute approximate surface area is 163 Å². The van der Waals surface area contributed by atoms with Crippen LogP contribution in [-0.2, 0) is 4.79 Å². The first-order chi connectivity index (χ1) is 13.3. The van der Waals surface area contributed by atoms with Crippen molar-refractivity contribution >= 4 is 23.3 Å². The van der Waals surface area contributed by atoms with E-state index in [4.69, 9.17) is 4.74 Å². The van der Waals surface area contributed by atoms with E-state index in [0.29, 0.717) is 17.1 Å². The summed E-state index contributed by atoms with van der Waals surface area (Å²) in [4.78, 5) is 25.5. The van der Waals surface area contributed by atoms with Gasteiger partial charge in [-0.25, -0.2) is 9.18 Å². The van der Waals surface area contributed by atoms with Crippen molar-refractivity contribution in [3.8, 4) is 5.75 Å². The molecule has 0 bridgehead atoms. The molecule has 2 aromatic carbocycles. The van der Waals surface area contributed by atoms with E-state index in [-0.39, 0.29) is 24.3 Å². The summed E-state index contributed by atoms with van der Waals surface area (Å²) in [6.07, 6.45) is 0. The Hall–Kier alpha value is -3.13. The number of nitrogens with zero attached hydrogens (tertiary/aromatic N) is 1. The summed E-state index contributed by atoms with van der Waals surface area (Å²) in [5, 5.41) is 8.15. The lowest BCUT2D eigenvalue weighted by Gasteiger charge is -2.25. The first kappa shape index (κ1) is 21.2. The Bertz CT molecular complexity index is 842. The summed E-state index contributed by atoms with van der Waals surface area (Å²) in [5.41, 5.74) is 1.71. The van der Waals surface area contributed by atoms with Crippen LogP contribution in [0.5, 0.6) is 5.75 Å². The molecule has 1 unspecified atom stereocenters. The molecule has 8 heteroatoms. The predicted octanol–water partition coefficient (Wildman–Crippen LogP) is 3.22. The van der Waals surface area contributed by atoms with Crippen LogP contribution in [0.3, 0.4) is 0 Å². The van der Waals surface area contributed by atoms with E-state index in [1.54, 1.807) is 24.3 Å². The van der Waals surface area contributed by atoms with Crippen LogP contribution in [0.2, 0.25) is 0 Å². The van der Waals surface area contributed by atoms with Gasteiger partial charge in [0.1, 0.15) is 11.6 Å². The lowest BCUT2D eigenvalue weighted by atomic mass is 10.1. The van der Waals surface area contributed by atoms with Crippen molar-refractivity contribution in [3.05, 3.63) is 53.8 Å². The van der Waals surface area contributed by atoms with Crippen LogP contribution in [0, 0.1) is 5.82 Å². The number of amides is 3. The van der Waals surface area contributed by atoms with Gasteiger partial charge in [-0.3, -0.25) is 4.79 Å². The van der Waals surface area contributed by atoms with E-state index in [0.717, 1.165) is 5.56 Å². The molecule has 150 valence electrons. The fraction of sp³-hybridized carbons (Fsp3) is 0.300. The minimum atomic E-state index is -0.443. The first-order valence-electron chi connectivity index (χ1n) is 8.72. The third-order valence-corrected chi connectivity index (χ3v) is 4.08. The Kier molecular flexibility index (Phi) is 7.34. The number of ether oxygens (including phenoxy) is 1. The van der Waals surface area contributed by atoms with Crippen LogP contribution in [0.25, 0.3) is 0 Å². The van der Waals surface area contributed by atoms with Gasteiger partial charge in [0.2, 0.25) is 5.91 Å². The van der Waals surface area contributed by atoms with Crippen LogP contribution < -0.4 is 20.7 Å². The summed E-state index contributed by atoms with van der Waals surface area (Å²) in [5.74, 6) is -0.0867. The Morgan fingerprint density at radius 3 is 2.50 bits per heavy atom. The number of rotatable bonds is 7. The molecule has 0 aliphatic rings.